The van der Waals surface area contributed by atoms with Gasteiger partial charge in [-0.2, -0.15) is 0 Å². The second-order valence-electron chi connectivity index (χ2n) is 7.66. The summed E-state index contributed by atoms with van der Waals surface area (Å²) in [5.41, 5.74) is 4.22. The number of piperidine rings is 1. The summed E-state index contributed by atoms with van der Waals surface area (Å²) in [4.78, 5) is 28.5. The summed E-state index contributed by atoms with van der Waals surface area (Å²) in [6, 6.07) is 4.15. The molecule has 1 spiro atoms. The Hall–Kier alpha value is -1.92. The van der Waals surface area contributed by atoms with E-state index >= 15 is 0 Å². The Balaban J connectivity index is 1.62. The van der Waals surface area contributed by atoms with Gasteiger partial charge in [0.2, 0.25) is 11.8 Å². The highest BCUT2D eigenvalue weighted by molar-refractivity contribution is 5.94. The van der Waals surface area contributed by atoms with Crippen molar-refractivity contribution in [1.29, 1.82) is 0 Å². The van der Waals surface area contributed by atoms with Crippen LogP contribution in [0, 0.1) is 20.8 Å². The molecule has 2 fully saturated rings. The van der Waals surface area contributed by atoms with Crippen molar-refractivity contribution in [3.8, 4) is 0 Å². The number of benzene rings is 1. The van der Waals surface area contributed by atoms with E-state index in [0.29, 0.717) is 52.1 Å². The maximum atomic E-state index is 12.7. The van der Waals surface area contributed by atoms with Crippen LogP contribution in [0.15, 0.2) is 12.1 Å². The van der Waals surface area contributed by atoms with Crippen molar-refractivity contribution in [2.75, 3.05) is 37.7 Å². The van der Waals surface area contributed by atoms with Gasteiger partial charge in [0.05, 0.1) is 13.2 Å². The average Bonchev–Trinajstić information content (AvgIpc) is 3.05. The van der Waals surface area contributed by atoms with Crippen molar-refractivity contribution in [2.45, 2.75) is 52.7 Å². The Morgan fingerprint density at radius 1 is 1.07 bits per heavy atom. The fourth-order valence-electron chi connectivity index (χ4n) is 4.27. The number of hydrogen-bond donors (Lipinski definition) is 0. The van der Waals surface area contributed by atoms with E-state index in [0.717, 1.165) is 16.8 Å². The van der Waals surface area contributed by atoms with Crippen LogP contribution < -0.4 is 4.90 Å². The molecule has 2 aliphatic heterocycles. The first kappa shape index (κ1) is 19.8. The van der Waals surface area contributed by atoms with Crippen LogP contribution in [0.4, 0.5) is 5.69 Å². The summed E-state index contributed by atoms with van der Waals surface area (Å²) in [6.45, 7) is 10.6. The number of anilines is 1. The lowest BCUT2D eigenvalue weighted by molar-refractivity contribution is -0.187. The van der Waals surface area contributed by atoms with Gasteiger partial charge in [-0.25, -0.2) is 0 Å². The highest BCUT2D eigenvalue weighted by atomic mass is 16.7. The van der Waals surface area contributed by atoms with Crippen molar-refractivity contribution in [1.82, 2.24) is 4.90 Å². The lowest BCUT2D eigenvalue weighted by Gasteiger charge is -2.37. The molecule has 3 rings (SSSR count). The first-order valence-corrected chi connectivity index (χ1v) is 9.73. The molecule has 1 aromatic rings. The maximum absolute atomic E-state index is 12.7. The summed E-state index contributed by atoms with van der Waals surface area (Å²) in [6.07, 6.45) is 1.75. The van der Waals surface area contributed by atoms with Gasteiger partial charge < -0.3 is 19.3 Å². The van der Waals surface area contributed by atoms with E-state index < -0.39 is 5.79 Å². The molecule has 2 amide bonds. The number of aryl methyl sites for hydroxylation is 3. The zero-order valence-electron chi connectivity index (χ0n) is 16.8. The maximum Gasteiger partial charge on any atom is 0.224 e. The number of carbonyl (C=O) groups excluding carboxylic acids is 2. The minimum Gasteiger partial charge on any atom is -0.347 e. The number of likely N-dealkylation sites (tertiary alicyclic amines) is 1. The lowest BCUT2D eigenvalue weighted by Crippen LogP contribution is -2.48. The van der Waals surface area contributed by atoms with E-state index in [1.807, 2.05) is 25.7 Å². The molecule has 0 unspecified atom stereocenters. The molecule has 0 N–H and O–H groups in total. The van der Waals surface area contributed by atoms with Crippen LogP contribution in [0.3, 0.4) is 0 Å². The van der Waals surface area contributed by atoms with Crippen LogP contribution in [0.1, 0.15) is 42.9 Å². The normalized spacial score (nSPS) is 18.7. The van der Waals surface area contributed by atoms with Crippen molar-refractivity contribution >= 4 is 17.5 Å². The van der Waals surface area contributed by atoms with Crippen molar-refractivity contribution in [3.05, 3.63) is 28.8 Å². The molecule has 0 aromatic heterocycles. The fourth-order valence-corrected chi connectivity index (χ4v) is 4.27. The highest BCUT2D eigenvalue weighted by Crippen LogP contribution is 2.31. The number of carbonyl (C=O) groups is 2. The molecular formula is C21H30N2O4. The molecule has 1 aromatic carbocycles. The second-order valence-corrected chi connectivity index (χ2v) is 7.66. The number of hydrogen-bond acceptors (Lipinski definition) is 4. The van der Waals surface area contributed by atoms with Crippen LogP contribution in [-0.4, -0.2) is 55.3 Å². The standard InChI is InChI=1S/C21H30N2O4/c1-15-13-16(2)20(17(3)14-15)23(18(4)24)8-5-19(25)22-9-6-21(7-10-22)26-11-12-27-21/h13-14H,5-12H2,1-4H3. The van der Waals surface area contributed by atoms with Crippen molar-refractivity contribution < 1.29 is 19.1 Å². The summed E-state index contributed by atoms with van der Waals surface area (Å²) < 4.78 is 11.4. The monoisotopic (exact) mass is 374 g/mol. The molecule has 0 aliphatic carbocycles. The molecule has 0 radical (unpaired) electrons. The topological polar surface area (TPSA) is 59.1 Å². The third-order valence-electron chi connectivity index (χ3n) is 5.53. The van der Waals surface area contributed by atoms with E-state index in [1.54, 1.807) is 11.8 Å². The molecule has 2 aliphatic rings. The predicted molar refractivity (Wildman–Crippen MR) is 104 cm³/mol. The molecule has 6 nitrogen and oxygen atoms in total. The molecule has 2 saturated heterocycles. The summed E-state index contributed by atoms with van der Waals surface area (Å²) in [5.74, 6) is -0.432. The first-order valence-electron chi connectivity index (χ1n) is 9.73. The smallest absolute Gasteiger partial charge is 0.224 e. The minimum atomic E-state index is -0.474. The van der Waals surface area contributed by atoms with Gasteiger partial charge in [-0.15, -0.1) is 0 Å². The van der Waals surface area contributed by atoms with Gasteiger partial charge in [-0.1, -0.05) is 17.7 Å². The fraction of sp³-hybridized carbons (Fsp3) is 0.619. The molecular weight excluding hydrogens is 344 g/mol. The van der Waals surface area contributed by atoms with E-state index in [2.05, 4.69) is 12.1 Å². The Bertz CT molecular complexity index is 692. The Morgan fingerprint density at radius 3 is 2.15 bits per heavy atom. The van der Waals surface area contributed by atoms with Crippen LogP contribution in [0.25, 0.3) is 0 Å². The molecule has 2 heterocycles. The van der Waals surface area contributed by atoms with Gasteiger partial charge in [-0.3, -0.25) is 9.59 Å². The van der Waals surface area contributed by atoms with Gasteiger partial charge in [0.15, 0.2) is 5.79 Å². The van der Waals surface area contributed by atoms with Gasteiger partial charge in [0, 0.05) is 51.5 Å². The number of rotatable bonds is 4. The minimum absolute atomic E-state index is 0.0387. The Morgan fingerprint density at radius 2 is 1.63 bits per heavy atom. The van der Waals surface area contributed by atoms with Crippen molar-refractivity contribution in [3.63, 3.8) is 0 Å². The molecule has 27 heavy (non-hydrogen) atoms. The van der Waals surface area contributed by atoms with E-state index in [4.69, 9.17) is 9.47 Å². The van der Waals surface area contributed by atoms with Gasteiger partial charge in [0.1, 0.15) is 0 Å². The highest BCUT2D eigenvalue weighted by Gasteiger charge is 2.40. The third-order valence-corrected chi connectivity index (χ3v) is 5.53. The second kappa shape index (κ2) is 7.98. The molecule has 0 bridgehead atoms. The van der Waals surface area contributed by atoms with E-state index in [-0.39, 0.29) is 11.8 Å². The predicted octanol–water partition coefficient (Wildman–Crippen LogP) is 2.72. The zero-order chi connectivity index (χ0) is 19.6. The van der Waals surface area contributed by atoms with Gasteiger partial charge in [0.25, 0.3) is 0 Å². The SMILES string of the molecule is CC(=O)N(CCC(=O)N1CCC2(CC1)OCCO2)c1c(C)cc(C)cc1C. The number of ether oxygens (including phenoxy) is 2. The van der Waals surface area contributed by atoms with Crippen LogP contribution in [-0.2, 0) is 19.1 Å². The molecule has 0 saturated carbocycles. The molecule has 6 heteroatoms. The van der Waals surface area contributed by atoms with Gasteiger partial charge in [-0.05, 0) is 31.9 Å². The molecule has 148 valence electrons. The molecule has 0 atom stereocenters. The first-order chi connectivity index (χ1) is 12.8. The Labute approximate surface area is 161 Å². The summed E-state index contributed by atoms with van der Waals surface area (Å²) in [5, 5.41) is 0. The largest absolute Gasteiger partial charge is 0.347 e. The lowest BCUT2D eigenvalue weighted by atomic mass is 10.0. The van der Waals surface area contributed by atoms with Crippen LogP contribution in [0.5, 0.6) is 0 Å². The quantitative estimate of drug-likeness (QED) is 0.813. The number of amides is 2. The number of nitrogens with zero attached hydrogens (tertiary/aromatic N) is 2. The Kier molecular flexibility index (Phi) is 5.86. The third kappa shape index (κ3) is 4.33. The zero-order valence-corrected chi connectivity index (χ0v) is 16.8. The summed E-state index contributed by atoms with van der Waals surface area (Å²) in [7, 11) is 0. The van der Waals surface area contributed by atoms with Gasteiger partial charge >= 0.3 is 0 Å². The van der Waals surface area contributed by atoms with Crippen LogP contribution in [0.2, 0.25) is 0 Å². The summed E-state index contributed by atoms with van der Waals surface area (Å²) >= 11 is 0. The van der Waals surface area contributed by atoms with Crippen LogP contribution >= 0.6 is 0 Å². The average molecular weight is 374 g/mol. The van der Waals surface area contributed by atoms with E-state index in [9.17, 15) is 9.59 Å². The van der Waals surface area contributed by atoms with E-state index in [1.165, 1.54) is 5.56 Å². The van der Waals surface area contributed by atoms with Crippen molar-refractivity contribution in [2.24, 2.45) is 0 Å².